The monoisotopic (exact) mass is 351 g/mol. The Balaban J connectivity index is 2.22. The molecule has 3 rings (SSSR count). The van der Waals surface area contributed by atoms with Crippen LogP contribution in [0.5, 0.6) is 0 Å². The third-order valence-electron chi connectivity index (χ3n) is 2.41. The highest BCUT2D eigenvalue weighted by atomic mass is 79.9. The minimum atomic E-state index is 0.718. The summed E-state index contributed by atoms with van der Waals surface area (Å²) in [7, 11) is 0. The summed E-state index contributed by atoms with van der Waals surface area (Å²) in [5, 5.41) is 4.45. The van der Waals surface area contributed by atoms with Gasteiger partial charge in [-0.3, -0.25) is 0 Å². The lowest BCUT2D eigenvalue weighted by Crippen LogP contribution is -1.86. The maximum Gasteiger partial charge on any atom is 0.183 e. The molecule has 0 spiro atoms. The van der Waals surface area contributed by atoms with E-state index in [0.717, 1.165) is 26.0 Å². The summed E-state index contributed by atoms with van der Waals surface area (Å²) < 4.78 is 3.74. The second-order valence-electron chi connectivity index (χ2n) is 3.57. The van der Waals surface area contributed by atoms with E-state index in [1.165, 1.54) is 0 Å². The van der Waals surface area contributed by atoms with E-state index in [1.54, 1.807) is 4.52 Å². The number of benzene rings is 1. The number of rotatable bonds is 1. The van der Waals surface area contributed by atoms with Crippen molar-refractivity contribution in [1.82, 2.24) is 14.6 Å². The molecule has 0 fully saturated rings. The fourth-order valence-electron chi connectivity index (χ4n) is 1.61. The predicted octanol–water partition coefficient (Wildman–Crippen LogP) is 3.92. The van der Waals surface area contributed by atoms with Gasteiger partial charge < -0.3 is 0 Å². The van der Waals surface area contributed by atoms with Gasteiger partial charge in [0.25, 0.3) is 0 Å². The van der Waals surface area contributed by atoms with E-state index in [-0.39, 0.29) is 0 Å². The molecule has 84 valence electrons. The molecule has 2 heterocycles. The van der Waals surface area contributed by atoms with Crippen LogP contribution in [0.2, 0.25) is 0 Å². The molecule has 0 atom stereocenters. The molecule has 0 N–H and O–H groups in total. The van der Waals surface area contributed by atoms with Gasteiger partial charge >= 0.3 is 0 Å². The van der Waals surface area contributed by atoms with E-state index >= 15 is 0 Å². The Labute approximate surface area is 115 Å². The lowest BCUT2D eigenvalue weighted by atomic mass is 10.2. The molecule has 0 amide bonds. The van der Waals surface area contributed by atoms with Crippen LogP contribution in [0.3, 0.4) is 0 Å². The van der Waals surface area contributed by atoms with E-state index in [2.05, 4.69) is 41.9 Å². The molecule has 0 saturated carbocycles. The Bertz CT molecular complexity index is 691. The van der Waals surface area contributed by atoms with Crippen molar-refractivity contribution >= 4 is 37.5 Å². The number of halogens is 2. The number of aromatic nitrogens is 3. The second kappa shape index (κ2) is 4.23. The average molecular weight is 353 g/mol. The first-order chi connectivity index (χ1) is 8.24. The fourth-order valence-corrected chi connectivity index (χ4v) is 2.40. The summed E-state index contributed by atoms with van der Waals surface area (Å²) in [5.74, 6) is 0.718. The topological polar surface area (TPSA) is 30.2 Å². The lowest BCUT2D eigenvalue weighted by molar-refractivity contribution is 0.960. The molecule has 0 aliphatic carbocycles. The van der Waals surface area contributed by atoms with Crippen LogP contribution in [0.25, 0.3) is 17.0 Å². The Morgan fingerprint density at radius 3 is 2.65 bits per heavy atom. The van der Waals surface area contributed by atoms with Crippen molar-refractivity contribution in [2.24, 2.45) is 0 Å². The van der Waals surface area contributed by atoms with Crippen molar-refractivity contribution in [3.63, 3.8) is 0 Å². The molecular formula is C12H7Br2N3. The summed E-state index contributed by atoms with van der Waals surface area (Å²) in [6.07, 6.45) is 1.89. The molecule has 0 unspecified atom stereocenters. The largest absolute Gasteiger partial charge is 0.219 e. The van der Waals surface area contributed by atoms with Gasteiger partial charge in [0.15, 0.2) is 11.5 Å². The Hall–Kier alpha value is -1.20. The summed E-state index contributed by atoms with van der Waals surface area (Å²) in [6.45, 7) is 0. The maximum atomic E-state index is 4.49. The van der Waals surface area contributed by atoms with Crippen molar-refractivity contribution < 1.29 is 0 Å². The summed E-state index contributed by atoms with van der Waals surface area (Å²) in [6, 6.07) is 11.8. The number of hydrogen-bond donors (Lipinski definition) is 0. The highest BCUT2D eigenvalue weighted by Gasteiger charge is 2.08. The standard InChI is InChI=1S/C12H7Br2N3/c13-8-5-6-11-15-12(16-17(11)7-8)9-3-1-2-4-10(9)14/h1-7H. The van der Waals surface area contributed by atoms with Gasteiger partial charge in [-0.1, -0.05) is 28.1 Å². The zero-order valence-corrected chi connectivity index (χ0v) is 11.8. The quantitative estimate of drug-likeness (QED) is 0.664. The van der Waals surface area contributed by atoms with Crippen molar-refractivity contribution in [2.45, 2.75) is 0 Å². The fraction of sp³-hybridized carbons (Fsp3) is 0. The molecule has 2 aromatic heterocycles. The Morgan fingerprint density at radius 2 is 1.82 bits per heavy atom. The summed E-state index contributed by atoms with van der Waals surface area (Å²) in [4.78, 5) is 4.49. The third kappa shape index (κ3) is 2.00. The smallest absolute Gasteiger partial charge is 0.183 e. The summed E-state index contributed by atoms with van der Waals surface area (Å²) >= 11 is 6.92. The maximum absolute atomic E-state index is 4.49. The Morgan fingerprint density at radius 1 is 1.00 bits per heavy atom. The molecule has 3 aromatic rings. The van der Waals surface area contributed by atoms with E-state index in [0.29, 0.717) is 0 Å². The first-order valence-electron chi connectivity index (χ1n) is 5.01. The van der Waals surface area contributed by atoms with Gasteiger partial charge in [0.2, 0.25) is 0 Å². The van der Waals surface area contributed by atoms with Crippen molar-refractivity contribution in [2.75, 3.05) is 0 Å². The zero-order chi connectivity index (χ0) is 11.8. The van der Waals surface area contributed by atoms with Crippen LogP contribution < -0.4 is 0 Å². The molecule has 0 saturated heterocycles. The van der Waals surface area contributed by atoms with Crippen LogP contribution >= 0.6 is 31.9 Å². The molecule has 3 nitrogen and oxygen atoms in total. The van der Waals surface area contributed by atoms with Crippen molar-refractivity contribution in [1.29, 1.82) is 0 Å². The van der Waals surface area contributed by atoms with Gasteiger partial charge in [-0.25, -0.2) is 9.50 Å². The molecule has 0 bridgehead atoms. The first-order valence-corrected chi connectivity index (χ1v) is 6.59. The predicted molar refractivity (Wildman–Crippen MR) is 73.8 cm³/mol. The first kappa shape index (κ1) is 10.9. The molecule has 0 aliphatic heterocycles. The van der Waals surface area contributed by atoms with Crippen LogP contribution in [-0.2, 0) is 0 Å². The van der Waals surface area contributed by atoms with Gasteiger partial charge in [-0.15, -0.1) is 5.10 Å². The van der Waals surface area contributed by atoms with E-state index in [1.807, 2.05) is 42.6 Å². The molecule has 5 heteroatoms. The molecule has 1 aromatic carbocycles. The molecule has 17 heavy (non-hydrogen) atoms. The molecule has 0 radical (unpaired) electrons. The zero-order valence-electron chi connectivity index (χ0n) is 8.64. The number of fused-ring (bicyclic) bond motifs is 1. The van der Waals surface area contributed by atoms with Gasteiger partial charge in [0.05, 0.1) is 0 Å². The average Bonchev–Trinajstić information content (AvgIpc) is 2.72. The van der Waals surface area contributed by atoms with Gasteiger partial charge in [0.1, 0.15) is 0 Å². The molecular weight excluding hydrogens is 346 g/mol. The second-order valence-corrected chi connectivity index (χ2v) is 5.34. The van der Waals surface area contributed by atoms with Crippen molar-refractivity contribution in [3.05, 3.63) is 51.5 Å². The Kier molecular flexibility index (Phi) is 2.72. The minimum absolute atomic E-state index is 0.718. The van der Waals surface area contributed by atoms with Crippen LogP contribution in [0.1, 0.15) is 0 Å². The van der Waals surface area contributed by atoms with E-state index in [9.17, 15) is 0 Å². The van der Waals surface area contributed by atoms with Crippen molar-refractivity contribution in [3.8, 4) is 11.4 Å². The number of hydrogen-bond acceptors (Lipinski definition) is 2. The lowest BCUT2D eigenvalue weighted by Gasteiger charge is -1.96. The number of nitrogens with zero attached hydrogens (tertiary/aromatic N) is 3. The van der Waals surface area contributed by atoms with Crippen LogP contribution in [0.15, 0.2) is 51.5 Å². The minimum Gasteiger partial charge on any atom is -0.219 e. The third-order valence-corrected chi connectivity index (χ3v) is 3.57. The highest BCUT2D eigenvalue weighted by Crippen LogP contribution is 2.25. The SMILES string of the molecule is Brc1ccc2nc(-c3ccccc3Br)nn2c1. The summed E-state index contributed by atoms with van der Waals surface area (Å²) in [5.41, 5.74) is 1.83. The van der Waals surface area contributed by atoms with Gasteiger partial charge in [-0.2, -0.15) is 0 Å². The van der Waals surface area contributed by atoms with Crippen LogP contribution in [-0.4, -0.2) is 14.6 Å². The van der Waals surface area contributed by atoms with E-state index < -0.39 is 0 Å². The molecule has 0 aliphatic rings. The number of pyridine rings is 1. The van der Waals surface area contributed by atoms with Crippen LogP contribution in [0.4, 0.5) is 0 Å². The van der Waals surface area contributed by atoms with Gasteiger partial charge in [-0.05, 0) is 40.2 Å². The van der Waals surface area contributed by atoms with Gasteiger partial charge in [0, 0.05) is 20.7 Å². The normalized spacial score (nSPS) is 10.9. The highest BCUT2D eigenvalue weighted by molar-refractivity contribution is 9.10. The van der Waals surface area contributed by atoms with E-state index in [4.69, 9.17) is 0 Å². The van der Waals surface area contributed by atoms with Crippen LogP contribution in [0, 0.1) is 0 Å².